The van der Waals surface area contributed by atoms with Crippen molar-refractivity contribution in [3.05, 3.63) is 35.4 Å². The van der Waals surface area contributed by atoms with Crippen LogP contribution in [0.4, 0.5) is 0 Å². The highest BCUT2D eigenvalue weighted by atomic mass is 16.1. The van der Waals surface area contributed by atoms with E-state index in [2.05, 4.69) is 11.4 Å². The van der Waals surface area contributed by atoms with Gasteiger partial charge in [-0.1, -0.05) is 0 Å². The first kappa shape index (κ1) is 12.1. The summed E-state index contributed by atoms with van der Waals surface area (Å²) in [4.78, 5) is 12.0. The Morgan fingerprint density at radius 1 is 1.17 bits per heavy atom. The van der Waals surface area contributed by atoms with Crippen molar-refractivity contribution >= 4 is 5.91 Å². The molecule has 0 heterocycles. The van der Waals surface area contributed by atoms with Crippen LogP contribution in [0.2, 0.25) is 0 Å². The molecule has 0 aliphatic heterocycles. The van der Waals surface area contributed by atoms with Gasteiger partial charge in [-0.3, -0.25) is 4.79 Å². The van der Waals surface area contributed by atoms with Crippen LogP contribution in [0.15, 0.2) is 24.3 Å². The second-order valence-corrected chi connectivity index (χ2v) is 4.54. The number of carbonyl (C=O) groups excluding carboxylic acids is 1. The van der Waals surface area contributed by atoms with Crippen LogP contribution in [0, 0.1) is 22.7 Å². The van der Waals surface area contributed by atoms with Crippen molar-refractivity contribution < 1.29 is 4.79 Å². The van der Waals surface area contributed by atoms with Crippen LogP contribution in [0.5, 0.6) is 0 Å². The van der Waals surface area contributed by atoms with Crippen LogP contribution in [0.25, 0.3) is 0 Å². The predicted octanol–water partition coefficient (Wildman–Crippen LogP) is 2.12. The van der Waals surface area contributed by atoms with Crippen molar-refractivity contribution in [2.24, 2.45) is 0 Å². The Hall–Kier alpha value is -2.33. The summed E-state index contributed by atoms with van der Waals surface area (Å²) in [6.07, 6.45) is 3.37. The fraction of sp³-hybridized carbons (Fsp3) is 0.357. The standard InChI is InChI=1S/C14H13N3O/c15-9-11-3-5-12(6-4-11)13(18)17-14(10-16)7-1-2-8-14/h3-6H,1-2,7-8H2,(H,17,18). The van der Waals surface area contributed by atoms with Crippen molar-refractivity contribution in [1.82, 2.24) is 5.32 Å². The lowest BCUT2D eigenvalue weighted by Gasteiger charge is -2.21. The molecule has 1 fully saturated rings. The monoisotopic (exact) mass is 239 g/mol. The number of amides is 1. The summed E-state index contributed by atoms with van der Waals surface area (Å²) in [7, 11) is 0. The third-order valence-electron chi connectivity index (χ3n) is 3.30. The van der Waals surface area contributed by atoms with Crippen LogP contribution in [-0.2, 0) is 0 Å². The third-order valence-corrected chi connectivity index (χ3v) is 3.30. The lowest BCUT2D eigenvalue weighted by molar-refractivity contribution is 0.0920. The molecule has 1 aromatic carbocycles. The Morgan fingerprint density at radius 2 is 1.78 bits per heavy atom. The Balaban J connectivity index is 2.12. The zero-order valence-electron chi connectivity index (χ0n) is 9.94. The van der Waals surface area contributed by atoms with Gasteiger partial charge >= 0.3 is 0 Å². The molecule has 4 heteroatoms. The summed E-state index contributed by atoms with van der Waals surface area (Å²) in [5.74, 6) is -0.247. The Kier molecular flexibility index (Phi) is 3.30. The number of carbonyl (C=O) groups is 1. The smallest absolute Gasteiger partial charge is 0.252 e. The molecule has 0 bridgehead atoms. The van der Waals surface area contributed by atoms with Crippen molar-refractivity contribution in [2.45, 2.75) is 31.2 Å². The lowest BCUT2D eigenvalue weighted by atomic mass is 9.99. The first-order chi connectivity index (χ1) is 8.69. The number of nitrogens with one attached hydrogen (secondary N) is 1. The topological polar surface area (TPSA) is 76.7 Å². The summed E-state index contributed by atoms with van der Waals surface area (Å²) in [6.45, 7) is 0. The molecule has 1 aliphatic carbocycles. The lowest BCUT2D eigenvalue weighted by Crippen LogP contribution is -2.45. The number of benzene rings is 1. The van der Waals surface area contributed by atoms with Gasteiger partial charge in [-0.05, 0) is 49.9 Å². The number of hydrogen-bond donors (Lipinski definition) is 1. The molecule has 1 aromatic rings. The summed E-state index contributed by atoms with van der Waals surface area (Å²) in [5, 5.41) is 20.7. The van der Waals surface area contributed by atoms with E-state index >= 15 is 0 Å². The second kappa shape index (κ2) is 4.89. The maximum absolute atomic E-state index is 12.0. The van der Waals surface area contributed by atoms with Gasteiger partial charge in [0.25, 0.3) is 5.91 Å². The minimum absolute atomic E-state index is 0.247. The first-order valence-corrected chi connectivity index (χ1v) is 5.93. The molecule has 0 spiro atoms. The number of nitrogens with zero attached hydrogens (tertiary/aromatic N) is 2. The van der Waals surface area contributed by atoms with Gasteiger partial charge in [0.2, 0.25) is 0 Å². The van der Waals surface area contributed by atoms with Crippen molar-refractivity contribution in [2.75, 3.05) is 0 Å². The normalized spacial score (nSPS) is 16.6. The minimum Gasteiger partial charge on any atom is -0.334 e. The highest BCUT2D eigenvalue weighted by molar-refractivity contribution is 5.95. The van der Waals surface area contributed by atoms with Crippen molar-refractivity contribution in [3.63, 3.8) is 0 Å². The molecule has 1 amide bonds. The minimum atomic E-state index is -0.703. The second-order valence-electron chi connectivity index (χ2n) is 4.54. The number of nitriles is 2. The van der Waals surface area contributed by atoms with Gasteiger partial charge in [0.05, 0.1) is 17.7 Å². The van der Waals surface area contributed by atoms with Crippen LogP contribution in [-0.4, -0.2) is 11.4 Å². The van der Waals surface area contributed by atoms with E-state index in [1.807, 2.05) is 6.07 Å². The van der Waals surface area contributed by atoms with Crippen molar-refractivity contribution in [3.8, 4) is 12.1 Å². The van der Waals surface area contributed by atoms with E-state index < -0.39 is 5.54 Å². The fourth-order valence-corrected chi connectivity index (χ4v) is 2.23. The van der Waals surface area contributed by atoms with E-state index in [-0.39, 0.29) is 5.91 Å². The van der Waals surface area contributed by atoms with E-state index in [4.69, 9.17) is 5.26 Å². The van der Waals surface area contributed by atoms with Gasteiger partial charge < -0.3 is 5.32 Å². The van der Waals surface area contributed by atoms with Crippen molar-refractivity contribution in [1.29, 1.82) is 10.5 Å². The van der Waals surface area contributed by atoms with E-state index in [0.29, 0.717) is 24.0 Å². The molecule has 2 rings (SSSR count). The Morgan fingerprint density at radius 3 is 2.28 bits per heavy atom. The highest BCUT2D eigenvalue weighted by Crippen LogP contribution is 2.29. The molecule has 1 N–H and O–H groups in total. The molecule has 90 valence electrons. The van der Waals surface area contributed by atoms with Crippen LogP contribution >= 0.6 is 0 Å². The van der Waals surface area contributed by atoms with Crippen LogP contribution in [0.3, 0.4) is 0 Å². The third kappa shape index (κ3) is 2.33. The van der Waals surface area contributed by atoms with Crippen LogP contribution < -0.4 is 5.32 Å². The van der Waals surface area contributed by atoms with Gasteiger partial charge in [0.15, 0.2) is 0 Å². The van der Waals surface area contributed by atoms with E-state index in [0.717, 1.165) is 12.8 Å². The molecule has 1 saturated carbocycles. The van der Waals surface area contributed by atoms with Gasteiger partial charge in [0.1, 0.15) is 5.54 Å². The Labute approximate surface area is 106 Å². The molecule has 1 aliphatic rings. The fourth-order valence-electron chi connectivity index (χ4n) is 2.23. The average molecular weight is 239 g/mol. The zero-order valence-corrected chi connectivity index (χ0v) is 9.94. The largest absolute Gasteiger partial charge is 0.334 e. The predicted molar refractivity (Wildman–Crippen MR) is 65.4 cm³/mol. The van der Waals surface area contributed by atoms with Gasteiger partial charge in [-0.2, -0.15) is 10.5 Å². The molecule has 0 saturated heterocycles. The molecule has 0 unspecified atom stereocenters. The molecular formula is C14H13N3O. The molecular weight excluding hydrogens is 226 g/mol. The summed E-state index contributed by atoms with van der Waals surface area (Å²) >= 11 is 0. The zero-order chi connectivity index (χ0) is 13.0. The Bertz CT molecular complexity index is 528. The van der Waals surface area contributed by atoms with E-state index in [9.17, 15) is 10.1 Å². The molecule has 18 heavy (non-hydrogen) atoms. The van der Waals surface area contributed by atoms with Gasteiger partial charge in [-0.25, -0.2) is 0 Å². The molecule has 0 aromatic heterocycles. The molecule has 4 nitrogen and oxygen atoms in total. The number of rotatable bonds is 2. The summed E-state index contributed by atoms with van der Waals surface area (Å²) < 4.78 is 0. The first-order valence-electron chi connectivity index (χ1n) is 5.93. The summed E-state index contributed by atoms with van der Waals surface area (Å²) in [5.41, 5.74) is 0.295. The summed E-state index contributed by atoms with van der Waals surface area (Å²) in [6, 6.07) is 10.6. The maximum Gasteiger partial charge on any atom is 0.252 e. The highest BCUT2D eigenvalue weighted by Gasteiger charge is 2.35. The maximum atomic E-state index is 12.0. The SMILES string of the molecule is N#Cc1ccc(C(=O)NC2(C#N)CCCC2)cc1. The quantitative estimate of drug-likeness (QED) is 0.858. The van der Waals surface area contributed by atoms with Gasteiger partial charge in [0, 0.05) is 5.56 Å². The van der Waals surface area contributed by atoms with Crippen LogP contribution in [0.1, 0.15) is 41.6 Å². The van der Waals surface area contributed by atoms with Gasteiger partial charge in [-0.15, -0.1) is 0 Å². The molecule has 0 radical (unpaired) electrons. The number of hydrogen-bond acceptors (Lipinski definition) is 3. The molecule has 0 atom stereocenters. The van der Waals surface area contributed by atoms with E-state index in [1.54, 1.807) is 24.3 Å². The average Bonchev–Trinajstić information content (AvgIpc) is 2.88. The van der Waals surface area contributed by atoms with E-state index in [1.165, 1.54) is 0 Å².